The molecular weight excluding hydrogens is 320 g/mol. The van der Waals surface area contributed by atoms with Gasteiger partial charge in [-0.25, -0.2) is 0 Å². The largest absolute Gasteiger partial charge is 0.394 e. The average Bonchev–Trinajstić information content (AvgIpc) is 2.55. The smallest absolute Gasteiger partial charge is 0.187 e. The number of hydrogen-bond donors (Lipinski definition) is 8. The van der Waals surface area contributed by atoms with Gasteiger partial charge in [-0.05, 0) is 0 Å². The minimum absolute atomic E-state index is 0.667. The number of ether oxygens (including phenoxy) is 3. The molecule has 0 spiro atoms. The summed E-state index contributed by atoms with van der Waals surface area (Å²) in [6, 6.07) is 0. The van der Waals surface area contributed by atoms with Crippen LogP contribution in [0.4, 0.5) is 0 Å². The minimum atomic E-state index is -1.74. The summed E-state index contributed by atoms with van der Waals surface area (Å²) in [5, 5.41) is 76.5. The van der Waals surface area contributed by atoms with E-state index in [2.05, 4.69) is 0 Å². The molecule has 10 atom stereocenters. The van der Waals surface area contributed by atoms with Crippen LogP contribution in [0.15, 0.2) is 0 Å². The van der Waals surface area contributed by atoms with Crippen molar-refractivity contribution in [2.24, 2.45) is 0 Å². The Morgan fingerprint density at radius 2 is 1.26 bits per heavy atom. The molecule has 136 valence electrons. The van der Waals surface area contributed by atoms with E-state index in [1.807, 2.05) is 0 Å². The molecule has 23 heavy (non-hydrogen) atoms. The highest BCUT2D eigenvalue weighted by Gasteiger charge is 2.50. The standard InChI is InChI=1S/C12H22O11/c13-1-3-5(15)6(16)9(19)12(22-3)23-10-4(2-14)21-11(20)8(18)7(10)17/h3-20H,1-2H2/t3-,4-,5-,6+,7-,8-,9-,10+,11+,12-/m1/s1. The quantitative estimate of drug-likeness (QED) is 0.243. The van der Waals surface area contributed by atoms with Crippen molar-refractivity contribution in [1.82, 2.24) is 0 Å². The molecule has 11 nitrogen and oxygen atoms in total. The lowest BCUT2D eigenvalue weighted by atomic mass is 9.97. The lowest BCUT2D eigenvalue weighted by Crippen LogP contribution is -2.64. The Labute approximate surface area is 130 Å². The van der Waals surface area contributed by atoms with Gasteiger partial charge in [0.1, 0.15) is 48.8 Å². The van der Waals surface area contributed by atoms with E-state index in [-0.39, 0.29) is 0 Å². The third kappa shape index (κ3) is 3.65. The van der Waals surface area contributed by atoms with Crippen molar-refractivity contribution in [2.75, 3.05) is 13.2 Å². The molecule has 2 rings (SSSR count). The second-order valence-electron chi connectivity index (χ2n) is 5.53. The predicted octanol–water partition coefficient (Wildman–Crippen LogP) is -5.40. The predicted molar refractivity (Wildman–Crippen MR) is 68.6 cm³/mol. The van der Waals surface area contributed by atoms with Crippen molar-refractivity contribution in [2.45, 2.75) is 61.4 Å². The topological polar surface area (TPSA) is 190 Å². The van der Waals surface area contributed by atoms with E-state index < -0.39 is 74.6 Å². The van der Waals surface area contributed by atoms with E-state index in [0.717, 1.165) is 0 Å². The van der Waals surface area contributed by atoms with Crippen molar-refractivity contribution in [1.29, 1.82) is 0 Å². The molecule has 2 aliphatic heterocycles. The van der Waals surface area contributed by atoms with Crippen molar-refractivity contribution in [3.05, 3.63) is 0 Å². The van der Waals surface area contributed by atoms with Gasteiger partial charge < -0.3 is 55.1 Å². The van der Waals surface area contributed by atoms with Crippen molar-refractivity contribution >= 4 is 0 Å². The maximum absolute atomic E-state index is 9.94. The monoisotopic (exact) mass is 342 g/mol. The highest BCUT2D eigenvalue weighted by atomic mass is 16.7. The van der Waals surface area contributed by atoms with Crippen LogP contribution in [0.25, 0.3) is 0 Å². The van der Waals surface area contributed by atoms with Gasteiger partial charge in [-0.3, -0.25) is 0 Å². The molecule has 0 radical (unpaired) electrons. The molecule has 2 aliphatic rings. The third-order valence-corrected chi connectivity index (χ3v) is 3.98. The van der Waals surface area contributed by atoms with Gasteiger partial charge in [0, 0.05) is 0 Å². The Balaban J connectivity index is 2.11. The number of rotatable bonds is 4. The molecule has 0 aromatic carbocycles. The maximum atomic E-state index is 9.94. The fourth-order valence-corrected chi connectivity index (χ4v) is 2.57. The summed E-state index contributed by atoms with van der Waals surface area (Å²) >= 11 is 0. The van der Waals surface area contributed by atoms with Crippen LogP contribution in [0.2, 0.25) is 0 Å². The molecule has 0 saturated carbocycles. The summed E-state index contributed by atoms with van der Waals surface area (Å²) in [4.78, 5) is 0. The van der Waals surface area contributed by atoms with Crippen LogP contribution in [0, 0.1) is 0 Å². The Bertz CT molecular complexity index is 378. The Morgan fingerprint density at radius 1 is 0.652 bits per heavy atom. The zero-order chi connectivity index (χ0) is 17.3. The SMILES string of the molecule is OC[C@H]1O[C@H](O[C@@H]2[C@H](O)[C@@H](O)[C@@H](O)O[C@@H]2CO)[C@H](O)[C@@H](O)[C@@H]1O. The molecule has 2 saturated heterocycles. The fraction of sp³-hybridized carbons (Fsp3) is 1.00. The van der Waals surface area contributed by atoms with Crippen LogP contribution in [0.5, 0.6) is 0 Å². The van der Waals surface area contributed by atoms with Crippen LogP contribution in [-0.2, 0) is 14.2 Å². The lowest BCUT2D eigenvalue weighted by Gasteiger charge is -2.45. The van der Waals surface area contributed by atoms with Crippen molar-refractivity contribution in [3.63, 3.8) is 0 Å². The zero-order valence-electron chi connectivity index (χ0n) is 12.0. The summed E-state index contributed by atoms with van der Waals surface area (Å²) in [5.74, 6) is 0. The number of aliphatic hydroxyl groups excluding tert-OH is 8. The highest BCUT2D eigenvalue weighted by molar-refractivity contribution is 4.93. The van der Waals surface area contributed by atoms with E-state index in [4.69, 9.17) is 19.3 Å². The highest BCUT2D eigenvalue weighted by Crippen LogP contribution is 2.28. The Hall–Kier alpha value is -0.440. The van der Waals surface area contributed by atoms with Gasteiger partial charge >= 0.3 is 0 Å². The second-order valence-corrected chi connectivity index (χ2v) is 5.53. The fourth-order valence-electron chi connectivity index (χ4n) is 2.57. The first-order valence-corrected chi connectivity index (χ1v) is 7.08. The van der Waals surface area contributed by atoms with E-state index in [1.54, 1.807) is 0 Å². The van der Waals surface area contributed by atoms with Crippen molar-refractivity contribution < 1.29 is 55.1 Å². The average molecular weight is 342 g/mol. The maximum Gasteiger partial charge on any atom is 0.187 e. The van der Waals surface area contributed by atoms with Crippen LogP contribution < -0.4 is 0 Å². The Kier molecular flexibility index (Phi) is 6.27. The first-order chi connectivity index (χ1) is 10.8. The minimum Gasteiger partial charge on any atom is -0.394 e. The van der Waals surface area contributed by atoms with Gasteiger partial charge in [-0.15, -0.1) is 0 Å². The molecule has 0 aromatic heterocycles. The normalized spacial score (nSPS) is 51.7. The molecule has 2 heterocycles. The van der Waals surface area contributed by atoms with Gasteiger partial charge in [0.15, 0.2) is 12.6 Å². The van der Waals surface area contributed by atoms with Crippen LogP contribution in [0.1, 0.15) is 0 Å². The summed E-state index contributed by atoms with van der Waals surface area (Å²) < 4.78 is 15.3. The van der Waals surface area contributed by atoms with Gasteiger partial charge in [-0.2, -0.15) is 0 Å². The van der Waals surface area contributed by atoms with Crippen LogP contribution in [-0.4, -0.2) is 115 Å². The zero-order valence-corrected chi connectivity index (χ0v) is 12.0. The number of hydrogen-bond acceptors (Lipinski definition) is 11. The summed E-state index contributed by atoms with van der Waals surface area (Å²) in [5.41, 5.74) is 0. The molecule has 0 unspecified atom stereocenters. The molecule has 11 heteroatoms. The van der Waals surface area contributed by atoms with E-state index in [0.29, 0.717) is 0 Å². The second kappa shape index (κ2) is 7.63. The van der Waals surface area contributed by atoms with Crippen molar-refractivity contribution in [3.8, 4) is 0 Å². The third-order valence-electron chi connectivity index (χ3n) is 3.98. The van der Waals surface area contributed by atoms with Crippen LogP contribution >= 0.6 is 0 Å². The molecule has 0 aromatic rings. The molecule has 0 amide bonds. The van der Waals surface area contributed by atoms with E-state index in [9.17, 15) is 35.7 Å². The first-order valence-electron chi connectivity index (χ1n) is 7.08. The van der Waals surface area contributed by atoms with Gasteiger partial charge in [-0.1, -0.05) is 0 Å². The summed E-state index contributed by atoms with van der Waals surface area (Å²) in [6.45, 7) is -1.35. The summed E-state index contributed by atoms with van der Waals surface area (Å²) in [6.07, 6.45) is -15.6. The molecule has 0 aliphatic carbocycles. The molecular formula is C12H22O11. The Morgan fingerprint density at radius 3 is 1.83 bits per heavy atom. The van der Waals surface area contributed by atoms with E-state index in [1.165, 1.54) is 0 Å². The van der Waals surface area contributed by atoms with Crippen LogP contribution in [0.3, 0.4) is 0 Å². The number of aliphatic hydroxyl groups is 8. The summed E-state index contributed by atoms with van der Waals surface area (Å²) in [7, 11) is 0. The molecule has 8 N–H and O–H groups in total. The van der Waals surface area contributed by atoms with Gasteiger partial charge in [0.2, 0.25) is 0 Å². The van der Waals surface area contributed by atoms with E-state index >= 15 is 0 Å². The van der Waals surface area contributed by atoms with Gasteiger partial charge in [0.05, 0.1) is 13.2 Å². The lowest BCUT2D eigenvalue weighted by molar-refractivity contribution is -0.355. The van der Waals surface area contributed by atoms with Gasteiger partial charge in [0.25, 0.3) is 0 Å². The molecule has 2 fully saturated rings. The molecule has 0 bridgehead atoms. The first kappa shape index (κ1) is 18.9.